The highest BCUT2D eigenvalue weighted by molar-refractivity contribution is 7.89. The van der Waals surface area contributed by atoms with Gasteiger partial charge in [0.25, 0.3) is 5.91 Å². The standard InChI is InChI=1S/C24H27ClN4O3S.ClH/c1-26-8-7-22-19(16-26)15-23(27(22)2)24(30)28-9-11-29(12-10-28)33(31,32)21-6-4-17-13-20(25)5-3-18(17)14-21;/h3-6,13-15H,7-12,16H2,1-2H3;1H. The molecule has 0 bridgehead atoms. The quantitative estimate of drug-likeness (QED) is 0.528. The van der Waals surface area contributed by atoms with Crippen molar-refractivity contribution in [1.29, 1.82) is 0 Å². The van der Waals surface area contributed by atoms with E-state index in [0.29, 0.717) is 23.8 Å². The number of piperazine rings is 1. The number of fused-ring (bicyclic) bond motifs is 2. The van der Waals surface area contributed by atoms with E-state index in [1.807, 2.05) is 29.8 Å². The van der Waals surface area contributed by atoms with Crippen molar-refractivity contribution in [2.24, 2.45) is 7.05 Å². The predicted molar refractivity (Wildman–Crippen MR) is 136 cm³/mol. The summed E-state index contributed by atoms with van der Waals surface area (Å²) in [4.78, 5) is 17.5. The SMILES string of the molecule is CN1CCc2c(cc(C(=O)N3CCN(S(=O)(=O)c4ccc5cc(Cl)ccc5c4)CC3)n2C)C1.Cl. The van der Waals surface area contributed by atoms with Crippen LogP contribution in [0, 0.1) is 0 Å². The zero-order chi connectivity index (χ0) is 23.3. The lowest BCUT2D eigenvalue weighted by Crippen LogP contribution is -2.50. The van der Waals surface area contributed by atoms with Crippen LogP contribution in [0.5, 0.6) is 0 Å². The predicted octanol–water partition coefficient (Wildman–Crippen LogP) is 3.39. The molecule has 1 amide bonds. The number of nitrogens with zero attached hydrogens (tertiary/aromatic N) is 4. The van der Waals surface area contributed by atoms with Crippen LogP contribution in [0.4, 0.5) is 0 Å². The van der Waals surface area contributed by atoms with E-state index in [1.165, 1.54) is 15.6 Å². The molecular formula is C24H28Cl2N4O3S. The molecule has 2 aromatic carbocycles. The average Bonchev–Trinajstić information content (AvgIpc) is 3.13. The summed E-state index contributed by atoms with van der Waals surface area (Å²) in [5.74, 6) is -0.0332. The third kappa shape index (κ3) is 4.45. The Kier molecular flexibility index (Phi) is 6.99. The van der Waals surface area contributed by atoms with Crippen LogP contribution in [0.25, 0.3) is 10.8 Å². The number of likely N-dealkylation sites (N-methyl/N-ethyl adjacent to an activating group) is 1. The van der Waals surface area contributed by atoms with Gasteiger partial charge in [0.1, 0.15) is 5.69 Å². The Morgan fingerprint density at radius 1 is 0.912 bits per heavy atom. The number of carbonyl (C=O) groups excluding carboxylic acids is 1. The first-order chi connectivity index (χ1) is 15.7. The fourth-order valence-corrected chi connectivity index (χ4v) is 6.48. The minimum absolute atomic E-state index is 0. The molecule has 182 valence electrons. The normalized spacial score (nSPS) is 17.4. The highest BCUT2D eigenvalue weighted by Crippen LogP contribution is 2.26. The molecule has 3 aromatic rings. The summed E-state index contributed by atoms with van der Waals surface area (Å²) in [5, 5.41) is 2.34. The van der Waals surface area contributed by atoms with Gasteiger partial charge in [-0.2, -0.15) is 4.31 Å². The van der Waals surface area contributed by atoms with Gasteiger partial charge in [-0.15, -0.1) is 12.4 Å². The summed E-state index contributed by atoms with van der Waals surface area (Å²) >= 11 is 6.04. The molecule has 5 rings (SSSR count). The third-order valence-corrected chi connectivity index (χ3v) is 8.90. The molecule has 3 heterocycles. The molecule has 7 nitrogen and oxygen atoms in total. The number of carbonyl (C=O) groups is 1. The first-order valence-electron chi connectivity index (χ1n) is 11.1. The van der Waals surface area contributed by atoms with Crippen LogP contribution >= 0.6 is 24.0 Å². The maximum Gasteiger partial charge on any atom is 0.270 e. The van der Waals surface area contributed by atoms with E-state index in [4.69, 9.17) is 11.6 Å². The number of halogens is 2. The molecule has 1 fully saturated rings. The summed E-state index contributed by atoms with van der Waals surface area (Å²) in [6.07, 6.45) is 0.930. The van der Waals surface area contributed by atoms with Gasteiger partial charge in [-0.1, -0.05) is 23.7 Å². The van der Waals surface area contributed by atoms with Gasteiger partial charge in [0.2, 0.25) is 10.0 Å². The molecule has 1 saturated heterocycles. The highest BCUT2D eigenvalue weighted by Gasteiger charge is 2.32. The minimum Gasteiger partial charge on any atom is -0.343 e. The first-order valence-corrected chi connectivity index (χ1v) is 12.9. The van der Waals surface area contributed by atoms with Crippen LogP contribution in [0.3, 0.4) is 0 Å². The summed E-state index contributed by atoms with van der Waals surface area (Å²) in [6.45, 7) is 3.13. The summed E-state index contributed by atoms with van der Waals surface area (Å²) in [7, 11) is 0.392. The van der Waals surface area contributed by atoms with Gasteiger partial charge in [0.15, 0.2) is 0 Å². The number of sulfonamides is 1. The molecule has 0 unspecified atom stereocenters. The van der Waals surface area contributed by atoms with Crippen LogP contribution in [0.15, 0.2) is 47.4 Å². The molecule has 2 aliphatic heterocycles. The van der Waals surface area contributed by atoms with E-state index >= 15 is 0 Å². The van der Waals surface area contributed by atoms with E-state index in [-0.39, 0.29) is 36.3 Å². The van der Waals surface area contributed by atoms with Crippen molar-refractivity contribution in [2.45, 2.75) is 17.9 Å². The Morgan fingerprint density at radius 3 is 2.32 bits per heavy atom. The van der Waals surface area contributed by atoms with Crippen molar-refractivity contribution in [3.05, 3.63) is 64.4 Å². The zero-order valence-electron chi connectivity index (χ0n) is 19.2. The molecule has 0 aliphatic carbocycles. The maximum atomic E-state index is 13.2. The van der Waals surface area contributed by atoms with Gasteiger partial charge in [-0.25, -0.2) is 8.42 Å². The molecule has 34 heavy (non-hydrogen) atoms. The molecule has 0 saturated carbocycles. The third-order valence-electron chi connectivity index (χ3n) is 6.77. The number of hydrogen-bond donors (Lipinski definition) is 0. The molecule has 0 N–H and O–H groups in total. The van der Waals surface area contributed by atoms with Gasteiger partial charge in [0, 0.05) is 63.5 Å². The van der Waals surface area contributed by atoms with Crippen LogP contribution in [0.1, 0.15) is 21.7 Å². The van der Waals surface area contributed by atoms with Crippen LogP contribution in [-0.2, 0) is 30.0 Å². The smallest absolute Gasteiger partial charge is 0.270 e. The van der Waals surface area contributed by atoms with Crippen LogP contribution < -0.4 is 0 Å². The van der Waals surface area contributed by atoms with E-state index in [2.05, 4.69) is 11.9 Å². The summed E-state index contributed by atoms with van der Waals surface area (Å²) < 4.78 is 30.0. The van der Waals surface area contributed by atoms with E-state index in [9.17, 15) is 13.2 Å². The number of amides is 1. The lowest BCUT2D eigenvalue weighted by molar-refractivity contribution is 0.0688. The second kappa shape index (κ2) is 9.51. The Morgan fingerprint density at radius 2 is 1.59 bits per heavy atom. The molecule has 0 radical (unpaired) electrons. The van der Waals surface area contributed by atoms with E-state index in [1.54, 1.807) is 29.2 Å². The van der Waals surface area contributed by atoms with Crippen LogP contribution in [0.2, 0.25) is 5.02 Å². The molecule has 0 spiro atoms. The molecule has 1 aromatic heterocycles. The van der Waals surface area contributed by atoms with Gasteiger partial charge in [0.05, 0.1) is 4.90 Å². The van der Waals surface area contributed by atoms with Crippen molar-refractivity contribution < 1.29 is 13.2 Å². The van der Waals surface area contributed by atoms with Gasteiger partial charge >= 0.3 is 0 Å². The number of benzene rings is 2. The molecule has 2 aliphatic rings. The second-order valence-electron chi connectivity index (χ2n) is 8.90. The topological polar surface area (TPSA) is 65.9 Å². The number of rotatable bonds is 3. The monoisotopic (exact) mass is 522 g/mol. The van der Waals surface area contributed by atoms with Gasteiger partial charge in [-0.05, 0) is 53.7 Å². The van der Waals surface area contributed by atoms with Crippen molar-refractivity contribution >= 4 is 50.7 Å². The average molecular weight is 523 g/mol. The Labute approximate surface area is 211 Å². The summed E-state index contributed by atoms with van der Waals surface area (Å²) in [6, 6.07) is 12.5. The molecule has 10 heteroatoms. The van der Waals surface area contributed by atoms with Crippen LogP contribution in [-0.4, -0.2) is 72.8 Å². The number of hydrogen-bond acceptors (Lipinski definition) is 4. The Balaban J connectivity index is 0.00000274. The Bertz CT molecular complexity index is 1350. The fourth-order valence-electron chi connectivity index (χ4n) is 4.84. The second-order valence-corrected chi connectivity index (χ2v) is 11.3. The van der Waals surface area contributed by atoms with E-state index < -0.39 is 10.0 Å². The molecular weight excluding hydrogens is 495 g/mol. The van der Waals surface area contributed by atoms with Gasteiger partial charge < -0.3 is 14.4 Å². The van der Waals surface area contributed by atoms with Crippen molar-refractivity contribution in [3.8, 4) is 0 Å². The largest absolute Gasteiger partial charge is 0.343 e. The lowest BCUT2D eigenvalue weighted by Gasteiger charge is -2.34. The van der Waals surface area contributed by atoms with E-state index in [0.717, 1.165) is 30.3 Å². The molecule has 0 atom stereocenters. The highest BCUT2D eigenvalue weighted by atomic mass is 35.5. The minimum atomic E-state index is -3.64. The zero-order valence-corrected chi connectivity index (χ0v) is 21.6. The van der Waals surface area contributed by atoms with Gasteiger partial charge in [-0.3, -0.25) is 4.79 Å². The van der Waals surface area contributed by atoms with Crippen molar-refractivity contribution in [1.82, 2.24) is 18.7 Å². The summed E-state index contributed by atoms with van der Waals surface area (Å²) in [5.41, 5.74) is 3.10. The fraction of sp³-hybridized carbons (Fsp3) is 0.375. The number of aromatic nitrogens is 1. The van der Waals surface area contributed by atoms with Crippen molar-refractivity contribution in [3.63, 3.8) is 0 Å². The lowest BCUT2D eigenvalue weighted by atomic mass is 10.1. The first kappa shape index (κ1) is 25.0. The maximum absolute atomic E-state index is 13.2. The Hall–Kier alpha value is -2.10. The van der Waals surface area contributed by atoms with Crippen molar-refractivity contribution in [2.75, 3.05) is 39.8 Å².